The van der Waals surface area contributed by atoms with E-state index in [9.17, 15) is 4.79 Å². The predicted molar refractivity (Wildman–Crippen MR) is 137 cm³/mol. The maximum Gasteiger partial charge on any atom is 0.233 e. The van der Waals surface area contributed by atoms with Crippen molar-refractivity contribution in [3.05, 3.63) is 65.2 Å². The van der Waals surface area contributed by atoms with Gasteiger partial charge in [0.25, 0.3) is 0 Å². The molecule has 0 radical (unpaired) electrons. The molecule has 1 N–H and O–H groups in total. The smallest absolute Gasteiger partial charge is 0.233 e. The Morgan fingerprint density at radius 1 is 1.09 bits per heavy atom. The number of hydrogen-bond donors (Lipinski definition) is 1. The van der Waals surface area contributed by atoms with E-state index < -0.39 is 0 Å². The summed E-state index contributed by atoms with van der Waals surface area (Å²) < 4.78 is 2.04. The average molecular weight is 496 g/mol. The normalized spacial score (nSPS) is 16.2. The number of piperidine rings is 1. The fourth-order valence-corrected chi connectivity index (χ4v) is 6.76. The van der Waals surface area contributed by atoms with Crippen LogP contribution in [-0.2, 0) is 11.2 Å². The number of nitrogens with zero attached hydrogens (tertiary/aromatic N) is 4. The standard InChI is InChI=1S/C24H25N5OS3/c30-21(16-31-24-28-27-23(33-24)25-13-12-17-7-2-1-3-8-17)29-14-6-9-18(15-29)22-26-19-10-4-5-11-20(19)32-22/h1-5,7-8,10-11,18H,6,9,12-16H2,(H,25,27). The van der Waals surface area contributed by atoms with Crippen molar-refractivity contribution in [1.29, 1.82) is 0 Å². The number of nitrogens with one attached hydrogen (secondary N) is 1. The minimum absolute atomic E-state index is 0.166. The number of thioether (sulfide) groups is 1. The Morgan fingerprint density at radius 2 is 1.94 bits per heavy atom. The van der Waals surface area contributed by atoms with Crippen molar-refractivity contribution in [2.24, 2.45) is 0 Å². The lowest BCUT2D eigenvalue weighted by Crippen LogP contribution is -2.40. The summed E-state index contributed by atoms with van der Waals surface area (Å²) >= 11 is 4.74. The molecule has 170 valence electrons. The Balaban J connectivity index is 1.10. The molecule has 1 atom stereocenters. The molecule has 1 fully saturated rings. The van der Waals surface area contributed by atoms with Crippen LogP contribution in [0, 0.1) is 0 Å². The molecule has 0 spiro atoms. The van der Waals surface area contributed by atoms with Crippen LogP contribution in [0.1, 0.15) is 29.3 Å². The Morgan fingerprint density at radius 3 is 2.82 bits per heavy atom. The van der Waals surface area contributed by atoms with Gasteiger partial charge in [-0.05, 0) is 37.0 Å². The van der Waals surface area contributed by atoms with E-state index in [1.165, 1.54) is 33.4 Å². The molecule has 6 nitrogen and oxygen atoms in total. The van der Waals surface area contributed by atoms with Gasteiger partial charge in [-0.25, -0.2) is 4.98 Å². The molecule has 33 heavy (non-hydrogen) atoms. The molecule has 9 heteroatoms. The van der Waals surface area contributed by atoms with Crippen molar-refractivity contribution in [3.8, 4) is 0 Å². The predicted octanol–water partition coefficient (Wildman–Crippen LogP) is 5.30. The molecule has 1 aliphatic heterocycles. The van der Waals surface area contributed by atoms with Gasteiger partial charge in [-0.15, -0.1) is 21.5 Å². The quantitative estimate of drug-likeness (QED) is 0.335. The first-order valence-electron chi connectivity index (χ1n) is 11.1. The lowest BCUT2D eigenvalue weighted by atomic mass is 9.99. The molecule has 4 aromatic rings. The van der Waals surface area contributed by atoms with Crippen molar-refractivity contribution < 1.29 is 4.79 Å². The number of anilines is 1. The molecular weight excluding hydrogens is 470 g/mol. The molecule has 3 heterocycles. The van der Waals surface area contributed by atoms with Crippen LogP contribution < -0.4 is 5.32 Å². The highest BCUT2D eigenvalue weighted by molar-refractivity contribution is 8.01. The summed E-state index contributed by atoms with van der Waals surface area (Å²) in [5, 5.41) is 13.7. The molecular formula is C24H25N5OS3. The Bertz CT molecular complexity index is 1180. The fourth-order valence-electron chi connectivity index (χ4n) is 3.98. The molecule has 5 rings (SSSR count). The van der Waals surface area contributed by atoms with Gasteiger partial charge in [-0.2, -0.15) is 0 Å². The van der Waals surface area contributed by atoms with E-state index in [4.69, 9.17) is 4.98 Å². The summed E-state index contributed by atoms with van der Waals surface area (Å²) in [6.07, 6.45) is 3.04. The summed E-state index contributed by atoms with van der Waals surface area (Å²) in [6.45, 7) is 2.38. The summed E-state index contributed by atoms with van der Waals surface area (Å²) in [6, 6.07) is 18.6. The average Bonchev–Trinajstić information content (AvgIpc) is 3.50. The number of carbonyl (C=O) groups is 1. The third-order valence-electron chi connectivity index (χ3n) is 5.69. The van der Waals surface area contributed by atoms with Crippen LogP contribution in [0.3, 0.4) is 0 Å². The molecule has 1 saturated heterocycles. The van der Waals surface area contributed by atoms with E-state index in [0.29, 0.717) is 11.7 Å². The molecule has 0 saturated carbocycles. The fraction of sp³-hybridized carbons (Fsp3) is 0.333. The van der Waals surface area contributed by atoms with Crippen LogP contribution >= 0.6 is 34.4 Å². The van der Waals surface area contributed by atoms with E-state index in [1.807, 2.05) is 17.0 Å². The first-order valence-corrected chi connectivity index (χ1v) is 13.7. The second-order valence-corrected chi connectivity index (χ2v) is 11.3. The van der Waals surface area contributed by atoms with Crippen LogP contribution in [0.25, 0.3) is 10.2 Å². The molecule has 1 unspecified atom stereocenters. The van der Waals surface area contributed by atoms with Gasteiger partial charge in [0.05, 0.1) is 21.0 Å². The van der Waals surface area contributed by atoms with Crippen molar-refractivity contribution in [3.63, 3.8) is 0 Å². The summed E-state index contributed by atoms with van der Waals surface area (Å²) in [5.74, 6) is 0.886. The Hall–Kier alpha value is -2.49. The van der Waals surface area contributed by atoms with Gasteiger partial charge >= 0.3 is 0 Å². The first-order chi connectivity index (χ1) is 16.2. The topological polar surface area (TPSA) is 71.0 Å². The highest BCUT2D eigenvalue weighted by atomic mass is 32.2. The van der Waals surface area contributed by atoms with Crippen molar-refractivity contribution >= 4 is 55.7 Å². The molecule has 2 aromatic heterocycles. The number of benzene rings is 2. The van der Waals surface area contributed by atoms with Gasteiger partial charge in [0.2, 0.25) is 11.0 Å². The Labute approximate surface area is 205 Å². The highest BCUT2D eigenvalue weighted by Crippen LogP contribution is 2.33. The maximum atomic E-state index is 12.9. The first kappa shape index (κ1) is 22.3. The van der Waals surface area contributed by atoms with Crippen LogP contribution in [0.15, 0.2) is 58.9 Å². The van der Waals surface area contributed by atoms with Crippen LogP contribution in [0.2, 0.25) is 0 Å². The summed E-state index contributed by atoms with van der Waals surface area (Å²) in [7, 11) is 0. The van der Waals surface area contributed by atoms with E-state index in [1.54, 1.807) is 11.3 Å². The number of para-hydroxylation sites is 1. The van der Waals surface area contributed by atoms with Gasteiger partial charge < -0.3 is 10.2 Å². The minimum Gasteiger partial charge on any atom is -0.360 e. The number of aromatic nitrogens is 3. The van der Waals surface area contributed by atoms with Gasteiger partial charge in [0.1, 0.15) is 0 Å². The molecule has 1 amide bonds. The number of rotatable bonds is 8. The maximum absolute atomic E-state index is 12.9. The zero-order valence-corrected chi connectivity index (χ0v) is 20.6. The number of carbonyl (C=O) groups excluding carboxylic acids is 1. The molecule has 2 aromatic carbocycles. The van der Waals surface area contributed by atoms with Crippen molar-refractivity contribution in [2.45, 2.75) is 29.5 Å². The minimum atomic E-state index is 0.166. The summed E-state index contributed by atoms with van der Waals surface area (Å²) in [5.41, 5.74) is 2.35. The van der Waals surface area contributed by atoms with Crippen LogP contribution in [0.4, 0.5) is 5.13 Å². The zero-order valence-electron chi connectivity index (χ0n) is 18.1. The zero-order chi connectivity index (χ0) is 22.5. The highest BCUT2D eigenvalue weighted by Gasteiger charge is 2.27. The van der Waals surface area contributed by atoms with E-state index in [-0.39, 0.29) is 5.91 Å². The molecule has 1 aliphatic rings. The van der Waals surface area contributed by atoms with E-state index in [2.05, 4.69) is 58.0 Å². The largest absolute Gasteiger partial charge is 0.360 e. The lowest BCUT2D eigenvalue weighted by molar-refractivity contribution is -0.129. The lowest BCUT2D eigenvalue weighted by Gasteiger charge is -2.31. The SMILES string of the molecule is O=C(CSc1nnc(NCCc2ccccc2)s1)N1CCCC(c2nc3ccccc3s2)C1. The van der Waals surface area contributed by atoms with Gasteiger partial charge in [-0.3, -0.25) is 4.79 Å². The van der Waals surface area contributed by atoms with Gasteiger partial charge in [-0.1, -0.05) is 65.6 Å². The third kappa shape index (κ3) is 5.72. The second kappa shape index (κ2) is 10.6. The van der Waals surface area contributed by atoms with Crippen molar-refractivity contribution in [1.82, 2.24) is 20.1 Å². The monoisotopic (exact) mass is 495 g/mol. The molecule has 0 bridgehead atoms. The molecule has 0 aliphatic carbocycles. The van der Waals surface area contributed by atoms with Crippen LogP contribution in [0.5, 0.6) is 0 Å². The van der Waals surface area contributed by atoms with E-state index in [0.717, 1.165) is 58.9 Å². The van der Waals surface area contributed by atoms with Crippen LogP contribution in [-0.4, -0.2) is 51.4 Å². The number of thiazole rings is 1. The number of fused-ring (bicyclic) bond motifs is 1. The van der Waals surface area contributed by atoms with Crippen molar-refractivity contribution in [2.75, 3.05) is 30.7 Å². The van der Waals surface area contributed by atoms with E-state index >= 15 is 0 Å². The Kier molecular flexibility index (Phi) is 7.18. The number of hydrogen-bond acceptors (Lipinski definition) is 8. The third-order valence-corrected chi connectivity index (χ3v) is 8.89. The van der Waals surface area contributed by atoms with Gasteiger partial charge in [0, 0.05) is 25.6 Å². The number of amides is 1. The summed E-state index contributed by atoms with van der Waals surface area (Å²) in [4.78, 5) is 19.7. The second-order valence-electron chi connectivity index (χ2n) is 8.02. The van der Waals surface area contributed by atoms with Gasteiger partial charge in [0.15, 0.2) is 4.34 Å². The number of likely N-dealkylation sites (tertiary alicyclic amines) is 1.